The Morgan fingerprint density at radius 2 is 2.00 bits per heavy atom. The first-order chi connectivity index (χ1) is 12.2. The second kappa shape index (κ2) is 11.9. The number of guanidine groups is 1. The average molecular weight is 490 g/mol. The van der Waals surface area contributed by atoms with Crippen LogP contribution in [0.4, 0.5) is 0 Å². The number of methoxy groups -OCH3 is 2. The molecule has 0 amide bonds. The Morgan fingerprint density at radius 3 is 2.62 bits per heavy atom. The highest BCUT2D eigenvalue weighted by molar-refractivity contribution is 14.0. The first kappa shape index (κ1) is 22.5. The molecule has 0 spiro atoms. The van der Waals surface area contributed by atoms with Crippen molar-refractivity contribution in [3.05, 3.63) is 39.8 Å². The standard InChI is InChI=1S/C18H26N4O2S.HI/c1-5-15-11-20-17(25-15)12-22-18(19-6-2)21-10-13-7-8-14(23-3)9-16(13)24-4;/h7-9,11H,5-6,10,12H2,1-4H3,(H2,19,21,22);1H. The van der Waals surface area contributed by atoms with Gasteiger partial charge in [-0.25, -0.2) is 9.98 Å². The molecule has 2 rings (SSSR count). The summed E-state index contributed by atoms with van der Waals surface area (Å²) >= 11 is 1.73. The van der Waals surface area contributed by atoms with Gasteiger partial charge in [-0.05, 0) is 25.5 Å². The Hall–Kier alpha value is -1.55. The molecule has 0 atom stereocenters. The molecule has 0 bridgehead atoms. The van der Waals surface area contributed by atoms with Crippen LogP contribution in [0.15, 0.2) is 29.4 Å². The summed E-state index contributed by atoms with van der Waals surface area (Å²) in [6.45, 7) is 6.16. The van der Waals surface area contributed by atoms with Crippen molar-refractivity contribution in [2.45, 2.75) is 33.4 Å². The van der Waals surface area contributed by atoms with Crippen molar-refractivity contribution < 1.29 is 9.47 Å². The predicted molar refractivity (Wildman–Crippen MR) is 118 cm³/mol. The van der Waals surface area contributed by atoms with Crippen LogP contribution in [0.5, 0.6) is 11.5 Å². The summed E-state index contributed by atoms with van der Waals surface area (Å²) in [6, 6.07) is 5.75. The third kappa shape index (κ3) is 6.64. The number of aliphatic imine (C=N–C) groups is 1. The van der Waals surface area contributed by atoms with Crippen LogP contribution in [-0.4, -0.2) is 31.7 Å². The van der Waals surface area contributed by atoms with Crippen molar-refractivity contribution in [1.82, 2.24) is 15.6 Å². The third-order valence-corrected chi connectivity index (χ3v) is 4.74. The molecule has 0 saturated carbocycles. The smallest absolute Gasteiger partial charge is 0.191 e. The van der Waals surface area contributed by atoms with Gasteiger partial charge in [0, 0.05) is 29.2 Å². The molecule has 0 fully saturated rings. The summed E-state index contributed by atoms with van der Waals surface area (Å²) in [5, 5.41) is 7.64. The van der Waals surface area contributed by atoms with Crippen molar-refractivity contribution >= 4 is 41.3 Å². The van der Waals surface area contributed by atoms with Gasteiger partial charge in [0.25, 0.3) is 0 Å². The lowest BCUT2D eigenvalue weighted by Gasteiger charge is -2.12. The normalized spacial score (nSPS) is 10.8. The molecule has 0 saturated heterocycles. The van der Waals surface area contributed by atoms with Crippen LogP contribution < -0.4 is 20.1 Å². The fourth-order valence-corrected chi connectivity index (χ4v) is 3.04. The van der Waals surface area contributed by atoms with E-state index < -0.39 is 0 Å². The lowest BCUT2D eigenvalue weighted by atomic mass is 10.2. The van der Waals surface area contributed by atoms with E-state index >= 15 is 0 Å². The van der Waals surface area contributed by atoms with E-state index in [4.69, 9.17) is 9.47 Å². The zero-order chi connectivity index (χ0) is 18.1. The molecule has 1 heterocycles. The van der Waals surface area contributed by atoms with Crippen LogP contribution in [0.3, 0.4) is 0 Å². The summed E-state index contributed by atoms with van der Waals surface area (Å²) in [7, 11) is 3.29. The number of aromatic nitrogens is 1. The number of rotatable bonds is 8. The van der Waals surface area contributed by atoms with Gasteiger partial charge in [-0.3, -0.25) is 0 Å². The van der Waals surface area contributed by atoms with Crippen molar-refractivity contribution in [3.8, 4) is 11.5 Å². The molecule has 2 aromatic rings. The number of nitrogens with one attached hydrogen (secondary N) is 2. The predicted octanol–water partition coefficient (Wildman–Crippen LogP) is 3.60. The highest BCUT2D eigenvalue weighted by Crippen LogP contribution is 2.25. The summed E-state index contributed by atoms with van der Waals surface area (Å²) in [5.41, 5.74) is 1.00. The van der Waals surface area contributed by atoms with Crippen LogP contribution in [0.1, 0.15) is 29.3 Å². The summed E-state index contributed by atoms with van der Waals surface area (Å²) in [6.07, 6.45) is 2.96. The molecule has 0 aliphatic rings. The quantitative estimate of drug-likeness (QED) is 0.336. The van der Waals surface area contributed by atoms with Gasteiger partial charge in [-0.1, -0.05) is 6.92 Å². The minimum absolute atomic E-state index is 0. The van der Waals surface area contributed by atoms with Gasteiger partial charge < -0.3 is 20.1 Å². The lowest BCUT2D eigenvalue weighted by Crippen LogP contribution is -2.36. The Kier molecular flexibility index (Phi) is 10.3. The van der Waals surface area contributed by atoms with Gasteiger partial charge in [0.15, 0.2) is 5.96 Å². The number of hydrogen-bond donors (Lipinski definition) is 2. The molecule has 26 heavy (non-hydrogen) atoms. The molecule has 1 aromatic heterocycles. The minimum atomic E-state index is 0. The van der Waals surface area contributed by atoms with Crippen LogP contribution >= 0.6 is 35.3 Å². The maximum absolute atomic E-state index is 5.43. The lowest BCUT2D eigenvalue weighted by molar-refractivity contribution is 0.391. The monoisotopic (exact) mass is 490 g/mol. The van der Waals surface area contributed by atoms with Gasteiger partial charge in [0.05, 0.1) is 27.3 Å². The van der Waals surface area contributed by atoms with Crippen LogP contribution in [0.2, 0.25) is 0 Å². The van der Waals surface area contributed by atoms with E-state index in [0.717, 1.165) is 41.0 Å². The summed E-state index contributed by atoms with van der Waals surface area (Å²) in [5.74, 6) is 2.30. The fraction of sp³-hybridized carbons (Fsp3) is 0.444. The van der Waals surface area contributed by atoms with Crippen molar-refractivity contribution in [1.29, 1.82) is 0 Å². The molecule has 144 valence electrons. The van der Waals surface area contributed by atoms with Gasteiger partial charge in [0.1, 0.15) is 16.5 Å². The highest BCUT2D eigenvalue weighted by Gasteiger charge is 2.06. The van der Waals surface area contributed by atoms with Crippen LogP contribution in [0.25, 0.3) is 0 Å². The largest absolute Gasteiger partial charge is 0.497 e. The van der Waals surface area contributed by atoms with E-state index in [2.05, 4.69) is 27.5 Å². The number of benzene rings is 1. The van der Waals surface area contributed by atoms with E-state index in [0.29, 0.717) is 13.1 Å². The molecular weight excluding hydrogens is 463 g/mol. The SMILES string of the molecule is CCNC(=NCc1ccc(OC)cc1OC)NCc1ncc(CC)s1.I. The number of hydrogen-bond acceptors (Lipinski definition) is 5. The first-order valence-electron chi connectivity index (χ1n) is 8.36. The molecule has 0 aliphatic carbocycles. The maximum Gasteiger partial charge on any atom is 0.191 e. The molecule has 2 N–H and O–H groups in total. The maximum atomic E-state index is 5.43. The molecule has 6 nitrogen and oxygen atoms in total. The Bertz CT molecular complexity index is 706. The van der Waals surface area contributed by atoms with Gasteiger partial charge >= 0.3 is 0 Å². The van der Waals surface area contributed by atoms with E-state index in [9.17, 15) is 0 Å². The Morgan fingerprint density at radius 1 is 1.19 bits per heavy atom. The van der Waals surface area contributed by atoms with Crippen molar-refractivity contribution in [2.75, 3.05) is 20.8 Å². The molecule has 0 radical (unpaired) electrons. The highest BCUT2D eigenvalue weighted by atomic mass is 127. The Labute approximate surface area is 176 Å². The Balaban J connectivity index is 0.00000338. The van der Waals surface area contributed by atoms with E-state index in [-0.39, 0.29) is 24.0 Å². The first-order valence-corrected chi connectivity index (χ1v) is 9.18. The summed E-state index contributed by atoms with van der Waals surface area (Å²) in [4.78, 5) is 10.4. The second-order valence-corrected chi connectivity index (χ2v) is 6.50. The fourth-order valence-electron chi connectivity index (χ4n) is 2.24. The summed E-state index contributed by atoms with van der Waals surface area (Å²) < 4.78 is 10.7. The zero-order valence-corrected chi connectivity index (χ0v) is 18.8. The van der Waals surface area contributed by atoms with Gasteiger partial charge in [0.2, 0.25) is 0 Å². The zero-order valence-electron chi connectivity index (χ0n) is 15.7. The van der Waals surface area contributed by atoms with Gasteiger partial charge in [-0.15, -0.1) is 35.3 Å². The third-order valence-electron chi connectivity index (χ3n) is 3.60. The second-order valence-electron chi connectivity index (χ2n) is 5.30. The topological polar surface area (TPSA) is 67.8 Å². The molecule has 0 unspecified atom stereocenters. The number of thiazole rings is 1. The van der Waals surface area contributed by atoms with Crippen LogP contribution in [-0.2, 0) is 19.5 Å². The number of nitrogens with zero attached hydrogens (tertiary/aromatic N) is 2. The number of aryl methyl sites for hydroxylation is 1. The average Bonchev–Trinajstić information content (AvgIpc) is 3.12. The number of halogens is 1. The van der Waals surface area contributed by atoms with Crippen molar-refractivity contribution in [3.63, 3.8) is 0 Å². The molecule has 8 heteroatoms. The molecular formula is C18H27IN4O2S. The van der Waals surface area contributed by atoms with Crippen molar-refractivity contribution in [2.24, 2.45) is 4.99 Å². The number of ether oxygens (including phenoxy) is 2. The van der Waals surface area contributed by atoms with E-state index in [1.54, 1.807) is 25.6 Å². The van der Waals surface area contributed by atoms with Gasteiger partial charge in [-0.2, -0.15) is 0 Å². The van der Waals surface area contributed by atoms with E-state index in [1.807, 2.05) is 31.3 Å². The van der Waals surface area contributed by atoms with E-state index in [1.165, 1.54) is 4.88 Å². The molecule has 0 aliphatic heterocycles. The minimum Gasteiger partial charge on any atom is -0.497 e. The molecule has 1 aromatic carbocycles. The van der Waals surface area contributed by atoms with Crippen LogP contribution in [0, 0.1) is 0 Å².